The summed E-state index contributed by atoms with van der Waals surface area (Å²) in [6.07, 6.45) is 1.78. The van der Waals surface area contributed by atoms with Crippen LogP contribution in [0.1, 0.15) is 12.7 Å². The summed E-state index contributed by atoms with van der Waals surface area (Å²) >= 11 is 0. The highest BCUT2D eigenvalue weighted by Gasteiger charge is 2.11. The number of benzene rings is 1. The van der Waals surface area contributed by atoms with Crippen molar-refractivity contribution in [1.82, 2.24) is 14.6 Å². The Balaban J connectivity index is 1.79. The van der Waals surface area contributed by atoms with Gasteiger partial charge in [-0.25, -0.2) is 14.3 Å². The Morgan fingerprint density at radius 1 is 1.17 bits per heavy atom. The number of hydrogen-bond acceptors (Lipinski definition) is 4. The number of carbonyl (C=O) groups is 1. The van der Waals surface area contributed by atoms with E-state index in [1.807, 2.05) is 25.1 Å². The van der Waals surface area contributed by atoms with Crippen molar-refractivity contribution in [2.24, 2.45) is 0 Å². The Kier molecular flexibility index (Phi) is 4.09. The van der Waals surface area contributed by atoms with Gasteiger partial charge in [0.2, 0.25) is 0 Å². The minimum Gasteiger partial charge on any atom is -0.492 e. The second kappa shape index (κ2) is 6.35. The van der Waals surface area contributed by atoms with Crippen LogP contribution in [0.2, 0.25) is 0 Å². The molecule has 0 aliphatic heterocycles. The fourth-order valence-electron chi connectivity index (χ4n) is 2.24. The van der Waals surface area contributed by atoms with E-state index in [0.29, 0.717) is 35.2 Å². The number of urea groups is 1. The lowest BCUT2D eigenvalue weighted by molar-refractivity contribution is 0.262. The maximum atomic E-state index is 12.3. The number of ether oxygens (including phenoxy) is 1. The standard InChI is InChI=1S/C16H17N5O2/c1-3-23-14-9-5-4-7-12(14)18-16(22)19-13-8-6-10-21-15(13)17-11(2)20-21/h4-10H,3H2,1-2H3,(H2,18,19,22). The number of hydrogen-bond donors (Lipinski definition) is 2. The van der Waals surface area contributed by atoms with Gasteiger partial charge in [-0.1, -0.05) is 12.1 Å². The zero-order valence-corrected chi connectivity index (χ0v) is 12.9. The quantitative estimate of drug-likeness (QED) is 0.776. The highest BCUT2D eigenvalue weighted by atomic mass is 16.5. The molecule has 118 valence electrons. The number of anilines is 2. The zero-order valence-electron chi connectivity index (χ0n) is 12.9. The predicted octanol–water partition coefficient (Wildman–Crippen LogP) is 3.08. The molecule has 0 unspecified atom stereocenters. The Bertz CT molecular complexity index is 843. The molecule has 3 aromatic rings. The number of rotatable bonds is 4. The van der Waals surface area contributed by atoms with E-state index in [2.05, 4.69) is 20.7 Å². The van der Waals surface area contributed by atoms with Crippen LogP contribution in [0.3, 0.4) is 0 Å². The van der Waals surface area contributed by atoms with Crippen LogP contribution in [-0.4, -0.2) is 27.2 Å². The Morgan fingerprint density at radius 3 is 2.74 bits per heavy atom. The molecule has 2 heterocycles. The first-order valence-corrected chi connectivity index (χ1v) is 7.29. The molecule has 0 bridgehead atoms. The molecule has 2 N–H and O–H groups in total. The van der Waals surface area contributed by atoms with Crippen molar-refractivity contribution in [2.75, 3.05) is 17.2 Å². The summed E-state index contributed by atoms with van der Waals surface area (Å²) in [4.78, 5) is 16.6. The summed E-state index contributed by atoms with van der Waals surface area (Å²) in [7, 11) is 0. The highest BCUT2D eigenvalue weighted by molar-refractivity contribution is 6.02. The second-order valence-electron chi connectivity index (χ2n) is 4.86. The molecule has 7 heteroatoms. The lowest BCUT2D eigenvalue weighted by Crippen LogP contribution is -2.20. The topological polar surface area (TPSA) is 80.5 Å². The molecule has 0 fully saturated rings. The van der Waals surface area contributed by atoms with Gasteiger partial charge in [0.15, 0.2) is 5.65 Å². The Hall–Kier alpha value is -3.09. The van der Waals surface area contributed by atoms with E-state index >= 15 is 0 Å². The van der Waals surface area contributed by atoms with Crippen LogP contribution in [0.5, 0.6) is 5.75 Å². The van der Waals surface area contributed by atoms with Crippen molar-refractivity contribution < 1.29 is 9.53 Å². The van der Waals surface area contributed by atoms with Gasteiger partial charge in [-0.3, -0.25) is 0 Å². The van der Waals surface area contributed by atoms with Crippen LogP contribution >= 0.6 is 0 Å². The number of carbonyl (C=O) groups excluding carboxylic acids is 1. The second-order valence-corrected chi connectivity index (χ2v) is 4.86. The number of aryl methyl sites for hydroxylation is 1. The first kappa shape index (κ1) is 14.8. The first-order chi connectivity index (χ1) is 11.2. The van der Waals surface area contributed by atoms with Crippen molar-refractivity contribution in [1.29, 1.82) is 0 Å². The smallest absolute Gasteiger partial charge is 0.323 e. The van der Waals surface area contributed by atoms with Crippen molar-refractivity contribution in [3.05, 3.63) is 48.4 Å². The van der Waals surface area contributed by atoms with Gasteiger partial charge in [0, 0.05) is 6.20 Å². The largest absolute Gasteiger partial charge is 0.492 e. The van der Waals surface area contributed by atoms with Crippen molar-refractivity contribution in [3.8, 4) is 5.75 Å². The van der Waals surface area contributed by atoms with E-state index < -0.39 is 0 Å². The lowest BCUT2D eigenvalue weighted by atomic mass is 10.3. The molecule has 23 heavy (non-hydrogen) atoms. The number of nitrogens with zero attached hydrogens (tertiary/aromatic N) is 3. The molecule has 1 aromatic carbocycles. The van der Waals surface area contributed by atoms with E-state index in [4.69, 9.17) is 4.74 Å². The van der Waals surface area contributed by atoms with E-state index in [-0.39, 0.29) is 6.03 Å². The molecule has 0 radical (unpaired) electrons. The van der Waals surface area contributed by atoms with Crippen molar-refractivity contribution in [2.45, 2.75) is 13.8 Å². The van der Waals surface area contributed by atoms with E-state index in [1.165, 1.54) is 0 Å². The van der Waals surface area contributed by atoms with Crippen LogP contribution in [0, 0.1) is 6.92 Å². The zero-order chi connectivity index (χ0) is 16.2. The first-order valence-electron chi connectivity index (χ1n) is 7.29. The third kappa shape index (κ3) is 3.23. The molecule has 3 rings (SSSR count). The van der Waals surface area contributed by atoms with E-state index in [0.717, 1.165) is 0 Å². The summed E-state index contributed by atoms with van der Waals surface area (Å²) in [6.45, 7) is 4.22. The summed E-state index contributed by atoms with van der Waals surface area (Å²) in [5.74, 6) is 1.27. The summed E-state index contributed by atoms with van der Waals surface area (Å²) in [6, 6.07) is 10.5. The maximum Gasteiger partial charge on any atom is 0.323 e. The fourth-order valence-corrected chi connectivity index (χ4v) is 2.24. The van der Waals surface area contributed by atoms with Gasteiger partial charge >= 0.3 is 6.03 Å². The SMILES string of the molecule is CCOc1ccccc1NC(=O)Nc1cccn2nc(C)nc12. The van der Waals surface area contributed by atoms with Gasteiger partial charge in [0.1, 0.15) is 11.6 Å². The fraction of sp³-hybridized carbons (Fsp3) is 0.188. The van der Waals surface area contributed by atoms with Crippen LogP contribution in [0.4, 0.5) is 16.2 Å². The third-order valence-corrected chi connectivity index (χ3v) is 3.15. The third-order valence-electron chi connectivity index (χ3n) is 3.15. The van der Waals surface area contributed by atoms with Gasteiger partial charge in [-0.2, -0.15) is 5.10 Å². The Morgan fingerprint density at radius 2 is 1.91 bits per heavy atom. The highest BCUT2D eigenvalue weighted by Crippen LogP contribution is 2.24. The van der Waals surface area contributed by atoms with Crippen LogP contribution in [0.25, 0.3) is 5.65 Å². The van der Waals surface area contributed by atoms with Gasteiger partial charge in [-0.15, -0.1) is 0 Å². The van der Waals surface area contributed by atoms with Crippen LogP contribution < -0.4 is 15.4 Å². The van der Waals surface area contributed by atoms with Gasteiger partial charge < -0.3 is 15.4 Å². The summed E-state index contributed by atoms with van der Waals surface area (Å²) in [5, 5.41) is 9.79. The van der Waals surface area contributed by atoms with Crippen LogP contribution in [0.15, 0.2) is 42.6 Å². The van der Waals surface area contributed by atoms with Crippen molar-refractivity contribution >= 4 is 23.1 Å². The molecule has 0 saturated carbocycles. The summed E-state index contributed by atoms with van der Waals surface area (Å²) in [5.41, 5.74) is 1.79. The lowest BCUT2D eigenvalue weighted by Gasteiger charge is -2.12. The minimum atomic E-state index is -0.370. The van der Waals surface area contributed by atoms with Gasteiger partial charge in [0.05, 0.1) is 18.0 Å². The molecule has 0 atom stereocenters. The van der Waals surface area contributed by atoms with E-state index in [9.17, 15) is 4.79 Å². The van der Waals surface area contributed by atoms with Crippen molar-refractivity contribution in [3.63, 3.8) is 0 Å². The van der Waals surface area contributed by atoms with Gasteiger partial charge in [-0.05, 0) is 38.1 Å². The van der Waals surface area contributed by atoms with E-state index in [1.54, 1.807) is 35.8 Å². The maximum absolute atomic E-state index is 12.3. The Labute approximate surface area is 133 Å². The molecule has 0 aliphatic carbocycles. The predicted molar refractivity (Wildman–Crippen MR) is 88.0 cm³/mol. The normalized spacial score (nSPS) is 10.5. The average Bonchev–Trinajstić information content (AvgIpc) is 2.91. The number of pyridine rings is 1. The average molecular weight is 311 g/mol. The molecular formula is C16H17N5O2. The molecule has 7 nitrogen and oxygen atoms in total. The molecule has 0 saturated heterocycles. The number of aromatic nitrogens is 3. The molecule has 2 aromatic heterocycles. The number of amides is 2. The molecular weight excluding hydrogens is 294 g/mol. The van der Waals surface area contributed by atoms with Gasteiger partial charge in [0.25, 0.3) is 0 Å². The minimum absolute atomic E-state index is 0.370. The molecule has 2 amide bonds. The monoisotopic (exact) mass is 311 g/mol. The molecule has 0 aliphatic rings. The van der Waals surface area contributed by atoms with Crippen LogP contribution in [-0.2, 0) is 0 Å². The number of para-hydroxylation sites is 2. The number of nitrogens with one attached hydrogen (secondary N) is 2. The molecule has 0 spiro atoms. The summed E-state index contributed by atoms with van der Waals surface area (Å²) < 4.78 is 7.12. The number of fused-ring (bicyclic) bond motifs is 1.